The molecule has 0 aliphatic carbocycles. The number of hydrogen-bond acceptors (Lipinski definition) is 6. The summed E-state index contributed by atoms with van der Waals surface area (Å²) in [6.07, 6.45) is 2.99. The van der Waals surface area contributed by atoms with Gasteiger partial charge >= 0.3 is 6.09 Å². The molecule has 4 aromatic rings. The molecule has 2 aromatic heterocycles. The number of pyridine rings is 1. The lowest BCUT2D eigenvalue weighted by Crippen LogP contribution is -2.32. The minimum Gasteiger partial charge on any atom is -0.503 e. The number of ether oxygens (including phenoxy) is 1. The van der Waals surface area contributed by atoms with E-state index < -0.39 is 69.1 Å². The third-order valence-corrected chi connectivity index (χ3v) is 6.42. The van der Waals surface area contributed by atoms with Gasteiger partial charge in [0.25, 0.3) is 11.5 Å². The van der Waals surface area contributed by atoms with Crippen LogP contribution in [0.3, 0.4) is 0 Å². The van der Waals surface area contributed by atoms with Crippen molar-refractivity contribution in [3.63, 3.8) is 0 Å². The summed E-state index contributed by atoms with van der Waals surface area (Å²) in [5, 5.41) is 15.2. The van der Waals surface area contributed by atoms with Crippen LogP contribution >= 0.6 is 0 Å². The third-order valence-electron chi connectivity index (χ3n) is 6.42. The average Bonchev–Trinajstić information content (AvgIpc) is 2.93. The van der Waals surface area contributed by atoms with Crippen LogP contribution in [-0.4, -0.2) is 32.7 Å². The van der Waals surface area contributed by atoms with Gasteiger partial charge in [0.2, 0.25) is 5.43 Å². The van der Waals surface area contributed by atoms with Crippen LogP contribution in [0.2, 0.25) is 0 Å². The Morgan fingerprint density at radius 1 is 0.929 bits per heavy atom. The van der Waals surface area contributed by atoms with Crippen LogP contribution in [-0.2, 0) is 17.8 Å². The molecule has 0 fully saturated rings. The second-order valence-corrected chi connectivity index (χ2v) is 9.27. The molecule has 10 nitrogen and oxygen atoms in total. The zero-order valence-electron chi connectivity index (χ0n) is 22.0. The standard InChI is InChI=1S/C28H24F4N4O6/c1-15(6-9-42-28(41)34-13-17-3-5-19(30)11-22(17)32)36-8-7-35-14-20(24(37)25(38)23(35)27(36)40)26(39)33-12-16-2-4-18(29)10-21(16)31/h2-5,7-8,10-11,14-15,38H,6,9,12-13H2,1H3,(H,33,39)(H,34,41)/t15-/m1/s1. The number of aromatic hydroxyl groups is 1. The van der Waals surface area contributed by atoms with E-state index in [0.29, 0.717) is 12.1 Å². The summed E-state index contributed by atoms with van der Waals surface area (Å²) in [7, 11) is 0. The van der Waals surface area contributed by atoms with Crippen LogP contribution in [0.4, 0.5) is 22.4 Å². The number of hydrogen-bond donors (Lipinski definition) is 3. The summed E-state index contributed by atoms with van der Waals surface area (Å²) in [5.41, 5.74) is -2.80. The number of halogens is 4. The van der Waals surface area contributed by atoms with Crippen molar-refractivity contribution in [2.45, 2.75) is 32.5 Å². The molecule has 0 saturated carbocycles. The molecule has 0 spiro atoms. The molecule has 0 saturated heterocycles. The highest BCUT2D eigenvalue weighted by atomic mass is 19.1. The van der Waals surface area contributed by atoms with E-state index >= 15 is 0 Å². The first-order valence-electron chi connectivity index (χ1n) is 12.5. The Labute approximate surface area is 234 Å². The van der Waals surface area contributed by atoms with E-state index in [4.69, 9.17) is 4.74 Å². The van der Waals surface area contributed by atoms with Crippen LogP contribution in [0, 0.1) is 23.3 Å². The summed E-state index contributed by atoms with van der Waals surface area (Å²) in [6, 6.07) is 5.12. The molecule has 42 heavy (non-hydrogen) atoms. The summed E-state index contributed by atoms with van der Waals surface area (Å²) in [4.78, 5) is 50.4. The van der Waals surface area contributed by atoms with Gasteiger partial charge in [0.1, 0.15) is 28.8 Å². The third kappa shape index (κ3) is 6.59. The Balaban J connectivity index is 1.41. The molecule has 0 aliphatic heterocycles. The number of rotatable bonds is 9. The minimum absolute atomic E-state index is 0.0324. The predicted molar refractivity (Wildman–Crippen MR) is 141 cm³/mol. The van der Waals surface area contributed by atoms with E-state index in [1.807, 2.05) is 0 Å². The Morgan fingerprint density at radius 3 is 2.12 bits per heavy atom. The molecule has 1 atom stereocenters. The van der Waals surface area contributed by atoms with Crippen LogP contribution in [0.5, 0.6) is 5.75 Å². The highest BCUT2D eigenvalue weighted by Gasteiger charge is 2.20. The fraction of sp³-hybridized carbons (Fsp3) is 0.214. The Hall–Kier alpha value is -5.14. The number of carbonyl (C=O) groups excluding carboxylic acids is 2. The Bertz CT molecular complexity index is 1790. The van der Waals surface area contributed by atoms with Crippen LogP contribution in [0.1, 0.15) is 40.9 Å². The minimum atomic E-state index is -1.13. The van der Waals surface area contributed by atoms with Crippen molar-refractivity contribution in [3.8, 4) is 5.75 Å². The maximum Gasteiger partial charge on any atom is 0.407 e. The molecule has 220 valence electrons. The number of amides is 2. The van der Waals surface area contributed by atoms with E-state index in [-0.39, 0.29) is 37.2 Å². The second-order valence-electron chi connectivity index (χ2n) is 9.27. The fourth-order valence-corrected chi connectivity index (χ4v) is 4.07. The van der Waals surface area contributed by atoms with Crippen LogP contribution in [0.15, 0.2) is 64.6 Å². The van der Waals surface area contributed by atoms with E-state index in [0.717, 1.165) is 28.8 Å². The molecule has 2 heterocycles. The maximum absolute atomic E-state index is 13.9. The molecule has 0 unspecified atom stereocenters. The number of benzene rings is 2. The molecule has 0 bridgehead atoms. The van der Waals surface area contributed by atoms with Crippen LogP contribution in [0.25, 0.3) is 5.52 Å². The van der Waals surface area contributed by atoms with Gasteiger partial charge in [-0.3, -0.25) is 14.4 Å². The average molecular weight is 589 g/mol. The molecule has 2 aromatic carbocycles. The van der Waals surface area contributed by atoms with E-state index in [1.165, 1.54) is 23.0 Å². The SMILES string of the molecule is C[C@H](CCOC(=O)NCc1ccc(F)cc1F)n1ccn2cc(C(=O)NCc3ccc(F)cc3F)c(=O)c(O)c2c1=O. The van der Waals surface area contributed by atoms with Crippen molar-refractivity contribution in [3.05, 3.63) is 116 Å². The Kier molecular flexibility index (Phi) is 8.93. The maximum atomic E-state index is 13.9. The van der Waals surface area contributed by atoms with Crippen molar-refractivity contribution < 1.29 is 37.0 Å². The molecular weight excluding hydrogens is 564 g/mol. The molecule has 0 aliphatic rings. The summed E-state index contributed by atoms with van der Waals surface area (Å²) in [5.74, 6) is -5.20. The van der Waals surface area contributed by atoms with Gasteiger partial charge in [0.05, 0.1) is 6.61 Å². The van der Waals surface area contributed by atoms with Crippen molar-refractivity contribution in [1.29, 1.82) is 0 Å². The highest BCUT2D eigenvalue weighted by Crippen LogP contribution is 2.15. The number of fused-ring (bicyclic) bond motifs is 1. The Morgan fingerprint density at radius 2 is 1.52 bits per heavy atom. The molecule has 14 heteroatoms. The van der Waals surface area contributed by atoms with Crippen molar-refractivity contribution in [2.75, 3.05) is 6.61 Å². The van der Waals surface area contributed by atoms with Crippen molar-refractivity contribution in [2.24, 2.45) is 0 Å². The van der Waals surface area contributed by atoms with Gasteiger partial charge in [0.15, 0.2) is 11.3 Å². The van der Waals surface area contributed by atoms with Crippen molar-refractivity contribution in [1.82, 2.24) is 19.6 Å². The van der Waals surface area contributed by atoms with Gasteiger partial charge in [-0.05, 0) is 19.1 Å². The van der Waals surface area contributed by atoms with Crippen LogP contribution < -0.4 is 21.6 Å². The van der Waals surface area contributed by atoms with Gasteiger partial charge in [-0.1, -0.05) is 12.1 Å². The topological polar surface area (TPSA) is 131 Å². The van der Waals surface area contributed by atoms with E-state index in [2.05, 4.69) is 10.6 Å². The lowest BCUT2D eigenvalue weighted by molar-refractivity contribution is 0.0948. The highest BCUT2D eigenvalue weighted by molar-refractivity contribution is 5.94. The normalized spacial score (nSPS) is 11.7. The molecule has 0 radical (unpaired) electrons. The predicted octanol–water partition coefficient (Wildman–Crippen LogP) is 3.53. The van der Waals surface area contributed by atoms with Crippen molar-refractivity contribution >= 4 is 17.5 Å². The number of nitrogens with one attached hydrogen (secondary N) is 2. The molecule has 3 N–H and O–H groups in total. The zero-order chi connectivity index (χ0) is 30.6. The second kappa shape index (κ2) is 12.6. The first-order valence-corrected chi connectivity index (χ1v) is 12.5. The van der Waals surface area contributed by atoms with Gasteiger partial charge in [-0.2, -0.15) is 0 Å². The summed E-state index contributed by atoms with van der Waals surface area (Å²) < 4.78 is 61.0. The monoisotopic (exact) mass is 588 g/mol. The van der Waals surface area contributed by atoms with Gasteiger partial charge in [-0.15, -0.1) is 0 Å². The number of aromatic nitrogens is 2. The largest absolute Gasteiger partial charge is 0.503 e. The van der Waals surface area contributed by atoms with E-state index in [1.54, 1.807) is 6.92 Å². The lowest BCUT2D eigenvalue weighted by atomic mass is 10.2. The quantitative estimate of drug-likeness (QED) is 0.257. The summed E-state index contributed by atoms with van der Waals surface area (Å²) in [6.45, 7) is 0.875. The zero-order valence-corrected chi connectivity index (χ0v) is 22.0. The number of carbonyl (C=O) groups is 2. The molecule has 2 amide bonds. The van der Waals surface area contributed by atoms with E-state index in [9.17, 15) is 41.8 Å². The first kappa shape index (κ1) is 29.8. The lowest BCUT2D eigenvalue weighted by Gasteiger charge is -2.17. The fourth-order valence-electron chi connectivity index (χ4n) is 4.07. The number of nitrogens with zero attached hydrogens (tertiary/aromatic N) is 2. The summed E-state index contributed by atoms with van der Waals surface area (Å²) >= 11 is 0. The molecule has 4 rings (SSSR count). The number of alkyl carbamates (subject to hydrolysis) is 1. The smallest absolute Gasteiger partial charge is 0.407 e. The first-order chi connectivity index (χ1) is 20.0. The van der Waals surface area contributed by atoms with Gasteiger partial charge < -0.3 is 29.4 Å². The van der Waals surface area contributed by atoms with Gasteiger partial charge in [0, 0.05) is 67.4 Å². The molecular formula is C28H24F4N4O6. The van der Waals surface area contributed by atoms with Gasteiger partial charge in [-0.25, -0.2) is 22.4 Å².